The molecule has 2 rings (SSSR count). The molecule has 0 spiro atoms. The number of hydrogen-bond donors (Lipinski definition) is 2. The fraction of sp³-hybridized carbons (Fsp3) is 0.316. The zero-order valence-electron chi connectivity index (χ0n) is 13.6. The van der Waals surface area contributed by atoms with Gasteiger partial charge >= 0.3 is 0 Å². The van der Waals surface area contributed by atoms with Crippen molar-refractivity contribution >= 4 is 11.6 Å². The van der Waals surface area contributed by atoms with Crippen LogP contribution in [0.5, 0.6) is 0 Å². The molecule has 2 N–H and O–H groups in total. The van der Waals surface area contributed by atoms with Crippen molar-refractivity contribution in [2.75, 3.05) is 11.9 Å². The average molecular weight is 313 g/mol. The second kappa shape index (κ2) is 7.90. The molecule has 1 atom stereocenters. The highest BCUT2D eigenvalue weighted by molar-refractivity contribution is 5.91. The molecular weight excluding hydrogens is 290 g/mol. The van der Waals surface area contributed by atoms with E-state index in [1.54, 1.807) is 6.92 Å². The Morgan fingerprint density at radius 1 is 1.13 bits per heavy atom. The van der Waals surface area contributed by atoms with Gasteiger partial charge in [-0.15, -0.1) is 0 Å². The van der Waals surface area contributed by atoms with Crippen molar-refractivity contribution in [3.63, 3.8) is 0 Å². The van der Waals surface area contributed by atoms with Crippen LogP contribution >= 0.6 is 0 Å². The lowest BCUT2D eigenvalue weighted by atomic mass is 9.92. The van der Waals surface area contributed by atoms with Gasteiger partial charge < -0.3 is 15.2 Å². The highest BCUT2D eigenvalue weighted by Crippen LogP contribution is 2.24. The van der Waals surface area contributed by atoms with E-state index in [4.69, 9.17) is 4.74 Å². The van der Waals surface area contributed by atoms with Crippen LogP contribution in [0, 0.1) is 0 Å². The van der Waals surface area contributed by atoms with Crippen LogP contribution in [-0.2, 0) is 21.7 Å². The van der Waals surface area contributed by atoms with E-state index >= 15 is 0 Å². The first-order valence-electron chi connectivity index (χ1n) is 7.75. The molecule has 0 aliphatic rings. The van der Waals surface area contributed by atoms with Crippen LogP contribution in [-0.4, -0.2) is 17.6 Å². The molecule has 1 unspecified atom stereocenters. The van der Waals surface area contributed by atoms with Crippen molar-refractivity contribution in [1.29, 1.82) is 0 Å². The minimum absolute atomic E-state index is 0.00227. The number of rotatable bonds is 7. The van der Waals surface area contributed by atoms with Gasteiger partial charge in [0.05, 0.1) is 18.6 Å². The number of anilines is 1. The molecule has 0 aliphatic heterocycles. The fourth-order valence-electron chi connectivity index (χ4n) is 2.32. The quantitative estimate of drug-likeness (QED) is 0.823. The zero-order chi connectivity index (χ0) is 16.7. The van der Waals surface area contributed by atoms with Gasteiger partial charge in [-0.3, -0.25) is 4.79 Å². The SMILES string of the molecule is CCOCc1ccc(NC(=O)CC(C)(O)c2ccccc2)cc1. The first-order chi connectivity index (χ1) is 11.0. The summed E-state index contributed by atoms with van der Waals surface area (Å²) >= 11 is 0. The van der Waals surface area contributed by atoms with E-state index in [-0.39, 0.29) is 12.3 Å². The Bertz CT molecular complexity index is 621. The number of benzene rings is 2. The third-order valence-corrected chi connectivity index (χ3v) is 3.61. The topological polar surface area (TPSA) is 58.6 Å². The highest BCUT2D eigenvalue weighted by Gasteiger charge is 2.26. The molecular formula is C19H23NO3. The number of carbonyl (C=O) groups excluding carboxylic acids is 1. The molecule has 1 amide bonds. The molecule has 0 aromatic heterocycles. The monoisotopic (exact) mass is 313 g/mol. The third kappa shape index (κ3) is 5.20. The first-order valence-corrected chi connectivity index (χ1v) is 7.75. The van der Waals surface area contributed by atoms with Crippen molar-refractivity contribution in [3.05, 3.63) is 65.7 Å². The lowest BCUT2D eigenvalue weighted by Gasteiger charge is -2.23. The van der Waals surface area contributed by atoms with E-state index in [1.165, 1.54) is 0 Å². The largest absolute Gasteiger partial charge is 0.385 e. The number of hydrogen-bond acceptors (Lipinski definition) is 3. The second-order valence-electron chi connectivity index (χ2n) is 5.70. The van der Waals surface area contributed by atoms with Crippen LogP contribution in [0.25, 0.3) is 0 Å². The lowest BCUT2D eigenvalue weighted by molar-refractivity contribution is -0.120. The Labute approximate surface area is 137 Å². The highest BCUT2D eigenvalue weighted by atomic mass is 16.5. The predicted molar refractivity (Wildman–Crippen MR) is 91.0 cm³/mol. The molecule has 0 fully saturated rings. The lowest BCUT2D eigenvalue weighted by Crippen LogP contribution is -2.28. The molecule has 0 aliphatic carbocycles. The van der Waals surface area contributed by atoms with Crippen LogP contribution in [0.2, 0.25) is 0 Å². The predicted octanol–water partition coefficient (Wildman–Crippen LogP) is 3.46. The normalized spacial score (nSPS) is 13.3. The summed E-state index contributed by atoms with van der Waals surface area (Å²) in [5.74, 6) is -0.226. The van der Waals surface area contributed by atoms with Gasteiger partial charge in [-0.1, -0.05) is 42.5 Å². The zero-order valence-corrected chi connectivity index (χ0v) is 13.6. The van der Waals surface area contributed by atoms with Gasteiger partial charge in [-0.25, -0.2) is 0 Å². The maximum absolute atomic E-state index is 12.2. The molecule has 0 saturated heterocycles. The second-order valence-corrected chi connectivity index (χ2v) is 5.70. The maximum atomic E-state index is 12.2. The molecule has 122 valence electrons. The molecule has 4 heteroatoms. The Balaban J connectivity index is 1.94. The molecule has 0 heterocycles. The standard InChI is InChI=1S/C19H23NO3/c1-3-23-14-15-9-11-17(12-10-15)20-18(21)13-19(2,22)16-7-5-4-6-8-16/h4-12,22H,3,13-14H2,1-2H3,(H,20,21). The average Bonchev–Trinajstić information content (AvgIpc) is 2.54. The summed E-state index contributed by atoms with van der Waals surface area (Å²) in [7, 11) is 0. The molecule has 23 heavy (non-hydrogen) atoms. The van der Waals surface area contributed by atoms with E-state index in [9.17, 15) is 9.90 Å². The van der Waals surface area contributed by atoms with E-state index in [0.717, 1.165) is 11.1 Å². The molecule has 0 radical (unpaired) electrons. The summed E-state index contributed by atoms with van der Waals surface area (Å²) in [5, 5.41) is 13.3. The van der Waals surface area contributed by atoms with Crippen LogP contribution in [0.4, 0.5) is 5.69 Å². The smallest absolute Gasteiger partial charge is 0.227 e. The minimum Gasteiger partial charge on any atom is -0.385 e. The summed E-state index contributed by atoms with van der Waals surface area (Å²) < 4.78 is 5.33. The number of amides is 1. The molecule has 2 aromatic rings. The van der Waals surface area contributed by atoms with Gasteiger partial charge in [-0.2, -0.15) is 0 Å². The van der Waals surface area contributed by atoms with Crippen molar-refractivity contribution < 1.29 is 14.6 Å². The first kappa shape index (κ1) is 17.2. The summed E-state index contributed by atoms with van der Waals surface area (Å²) in [4.78, 5) is 12.2. The number of carbonyl (C=O) groups is 1. The third-order valence-electron chi connectivity index (χ3n) is 3.61. The summed E-state index contributed by atoms with van der Waals surface area (Å²) in [5.41, 5.74) is 1.29. The van der Waals surface area contributed by atoms with Gasteiger partial charge in [-0.05, 0) is 37.1 Å². The summed E-state index contributed by atoms with van der Waals surface area (Å²) in [6.45, 7) is 4.83. The van der Waals surface area contributed by atoms with Crippen LogP contribution in [0.1, 0.15) is 31.4 Å². The fourth-order valence-corrected chi connectivity index (χ4v) is 2.32. The van der Waals surface area contributed by atoms with Gasteiger partial charge in [0.1, 0.15) is 0 Å². The Kier molecular flexibility index (Phi) is 5.90. The summed E-state index contributed by atoms with van der Waals surface area (Å²) in [6.07, 6.45) is -0.00227. The maximum Gasteiger partial charge on any atom is 0.227 e. The van der Waals surface area contributed by atoms with Crippen LogP contribution in [0.15, 0.2) is 54.6 Å². The summed E-state index contributed by atoms with van der Waals surface area (Å²) in [6, 6.07) is 16.7. The number of nitrogens with one attached hydrogen (secondary N) is 1. The molecule has 0 bridgehead atoms. The van der Waals surface area contributed by atoms with Crippen molar-refractivity contribution in [3.8, 4) is 0 Å². The van der Waals surface area contributed by atoms with Gasteiger partial charge in [0.15, 0.2) is 0 Å². The number of aliphatic hydroxyl groups is 1. The Morgan fingerprint density at radius 2 is 1.78 bits per heavy atom. The Morgan fingerprint density at radius 3 is 2.39 bits per heavy atom. The van der Waals surface area contributed by atoms with E-state index in [2.05, 4.69) is 5.32 Å². The van der Waals surface area contributed by atoms with E-state index < -0.39 is 5.60 Å². The van der Waals surface area contributed by atoms with E-state index in [0.29, 0.717) is 18.9 Å². The molecule has 2 aromatic carbocycles. The Hall–Kier alpha value is -2.17. The van der Waals surface area contributed by atoms with Gasteiger partial charge in [0.2, 0.25) is 5.91 Å². The van der Waals surface area contributed by atoms with Crippen molar-refractivity contribution in [1.82, 2.24) is 0 Å². The minimum atomic E-state index is -1.19. The molecule has 4 nitrogen and oxygen atoms in total. The molecule has 0 saturated carbocycles. The van der Waals surface area contributed by atoms with Gasteiger partial charge in [0.25, 0.3) is 0 Å². The van der Waals surface area contributed by atoms with Crippen LogP contribution in [0.3, 0.4) is 0 Å². The van der Waals surface area contributed by atoms with Crippen molar-refractivity contribution in [2.45, 2.75) is 32.5 Å². The number of ether oxygens (including phenoxy) is 1. The van der Waals surface area contributed by atoms with Crippen LogP contribution < -0.4 is 5.32 Å². The van der Waals surface area contributed by atoms with E-state index in [1.807, 2.05) is 61.5 Å². The van der Waals surface area contributed by atoms with Gasteiger partial charge in [0, 0.05) is 12.3 Å². The van der Waals surface area contributed by atoms with Crippen molar-refractivity contribution in [2.24, 2.45) is 0 Å².